The lowest BCUT2D eigenvalue weighted by atomic mass is 9.30. The van der Waals surface area contributed by atoms with Gasteiger partial charge in [0, 0.05) is 22.7 Å². The quantitative estimate of drug-likeness (QED) is 0.441. The molecule has 0 bridgehead atoms. The van der Waals surface area contributed by atoms with Crippen molar-refractivity contribution >= 4 is 11.6 Å². The number of aromatic nitrogens is 2. The van der Waals surface area contributed by atoms with Crippen molar-refractivity contribution < 1.29 is 19.2 Å². The predicted octanol–water partition coefficient (Wildman–Crippen LogP) is 6.47. The maximum Gasteiger partial charge on any atom is 0.233 e. The number of carbonyl (C=O) groups excluding carboxylic acids is 2. The molecule has 0 saturated heterocycles. The minimum atomic E-state index is -0.680. The van der Waals surface area contributed by atoms with Gasteiger partial charge in [-0.1, -0.05) is 72.2 Å². The first-order valence-electron chi connectivity index (χ1n) is 15.9. The lowest BCUT2D eigenvalue weighted by Gasteiger charge is -2.72. The van der Waals surface area contributed by atoms with E-state index >= 15 is 0 Å². The van der Waals surface area contributed by atoms with Crippen LogP contribution in [0.4, 0.5) is 0 Å². The molecule has 3 saturated carbocycles. The summed E-state index contributed by atoms with van der Waals surface area (Å²) in [5.74, 6) is 1.26. The van der Waals surface area contributed by atoms with Crippen LogP contribution in [0.25, 0.3) is 0 Å². The van der Waals surface area contributed by atoms with Gasteiger partial charge in [0.15, 0.2) is 17.4 Å². The molecule has 7 atom stereocenters. The smallest absolute Gasteiger partial charge is 0.233 e. The fourth-order valence-electron chi connectivity index (χ4n) is 11.1. The van der Waals surface area contributed by atoms with Crippen molar-refractivity contribution in [1.29, 1.82) is 5.26 Å². The van der Waals surface area contributed by atoms with Crippen LogP contribution >= 0.6 is 0 Å². The van der Waals surface area contributed by atoms with E-state index in [0.29, 0.717) is 18.1 Å². The van der Waals surface area contributed by atoms with Gasteiger partial charge in [0.1, 0.15) is 6.07 Å². The Hall–Kier alpha value is -2.59. The van der Waals surface area contributed by atoms with Gasteiger partial charge in [-0.05, 0) is 79.1 Å². The van der Waals surface area contributed by atoms with Crippen LogP contribution in [-0.2, 0) is 21.4 Å². The fourth-order valence-corrected chi connectivity index (χ4v) is 11.1. The molecule has 42 heavy (non-hydrogen) atoms. The molecule has 1 aromatic rings. The standard InChI is InChI=1S/C35H47N3O4/c1-29(2)12-14-35(28-37-26(10-16-39)38-42-28)15-13-33(7)32(6)11-9-22-30(3,4)27(41)21(20-36)18-31(22,5)23(32)17-25(40)34(33,8)24(35)19-29/h17-18,22,24,39H,9-16,19H2,1-8H3/t22-,24-,31-,32+,33-,34-,35-/m0/s1. The summed E-state index contributed by atoms with van der Waals surface area (Å²) in [5, 5.41) is 23.7. The van der Waals surface area contributed by atoms with E-state index in [1.165, 1.54) is 0 Å². The molecular formula is C35H47N3O4. The van der Waals surface area contributed by atoms with Crippen molar-refractivity contribution in [3.8, 4) is 6.07 Å². The van der Waals surface area contributed by atoms with E-state index in [-0.39, 0.29) is 51.8 Å². The number of carbonyl (C=O) groups is 2. The first kappa shape index (κ1) is 29.5. The van der Waals surface area contributed by atoms with Crippen LogP contribution in [0.3, 0.4) is 0 Å². The highest BCUT2D eigenvalue weighted by Crippen LogP contribution is 2.78. The average Bonchev–Trinajstić information content (AvgIpc) is 3.39. The van der Waals surface area contributed by atoms with Gasteiger partial charge in [-0.25, -0.2) is 0 Å². The van der Waals surface area contributed by atoms with Crippen molar-refractivity contribution in [3.63, 3.8) is 0 Å². The molecule has 1 heterocycles. The van der Waals surface area contributed by atoms with E-state index in [9.17, 15) is 20.0 Å². The summed E-state index contributed by atoms with van der Waals surface area (Å²) in [7, 11) is 0. The summed E-state index contributed by atoms with van der Waals surface area (Å²) in [5.41, 5.74) is -1.54. The first-order chi connectivity index (χ1) is 19.5. The molecule has 5 aliphatic rings. The van der Waals surface area contributed by atoms with E-state index in [4.69, 9.17) is 9.51 Å². The molecule has 0 radical (unpaired) electrons. The molecule has 0 spiro atoms. The molecule has 7 heteroatoms. The number of fused-ring (bicyclic) bond motifs is 7. The molecule has 226 valence electrons. The average molecular weight is 574 g/mol. The normalized spacial score (nSPS) is 43.6. The van der Waals surface area contributed by atoms with Crippen molar-refractivity contribution in [3.05, 3.63) is 35.0 Å². The summed E-state index contributed by atoms with van der Waals surface area (Å²) in [4.78, 5) is 33.1. The van der Waals surface area contributed by atoms with Gasteiger partial charge in [-0.2, -0.15) is 10.2 Å². The molecule has 0 unspecified atom stereocenters. The van der Waals surface area contributed by atoms with Crippen LogP contribution in [0.15, 0.2) is 27.8 Å². The summed E-state index contributed by atoms with van der Waals surface area (Å²) in [6.45, 7) is 17.7. The highest BCUT2D eigenvalue weighted by Gasteiger charge is 2.75. The van der Waals surface area contributed by atoms with Gasteiger partial charge in [-0.15, -0.1) is 0 Å². The Morgan fingerprint density at radius 2 is 1.69 bits per heavy atom. The number of aliphatic hydroxyl groups is 1. The molecule has 7 nitrogen and oxygen atoms in total. The van der Waals surface area contributed by atoms with Crippen LogP contribution in [0, 0.1) is 55.7 Å². The lowest BCUT2D eigenvalue weighted by molar-refractivity contribution is -0.194. The highest BCUT2D eigenvalue weighted by atomic mass is 16.5. The van der Waals surface area contributed by atoms with Crippen LogP contribution in [0.2, 0.25) is 0 Å². The Balaban J connectivity index is 1.55. The number of hydrogen-bond donors (Lipinski definition) is 1. The van der Waals surface area contributed by atoms with Gasteiger partial charge < -0.3 is 9.63 Å². The lowest BCUT2D eigenvalue weighted by Crippen LogP contribution is -2.70. The highest BCUT2D eigenvalue weighted by molar-refractivity contribution is 6.05. The van der Waals surface area contributed by atoms with E-state index in [1.807, 2.05) is 26.0 Å². The Kier molecular flexibility index (Phi) is 6.14. The van der Waals surface area contributed by atoms with Gasteiger partial charge in [-0.3, -0.25) is 9.59 Å². The zero-order valence-corrected chi connectivity index (χ0v) is 26.7. The first-order valence-corrected chi connectivity index (χ1v) is 15.9. The van der Waals surface area contributed by atoms with Crippen LogP contribution in [0.5, 0.6) is 0 Å². The number of allylic oxidation sites excluding steroid dienone is 4. The number of Topliss-reactive ketones (excluding diaryl/α,β-unsaturated/α-hetero) is 1. The molecule has 3 fully saturated rings. The Labute approximate surface area is 250 Å². The van der Waals surface area contributed by atoms with Crippen molar-refractivity contribution in [1.82, 2.24) is 10.1 Å². The summed E-state index contributed by atoms with van der Waals surface area (Å²) in [6, 6.07) is 2.20. The fraction of sp³-hybridized carbons (Fsp3) is 0.743. The van der Waals surface area contributed by atoms with E-state index < -0.39 is 21.7 Å². The van der Waals surface area contributed by atoms with E-state index in [1.54, 1.807) is 0 Å². The van der Waals surface area contributed by atoms with Crippen molar-refractivity contribution in [2.75, 3.05) is 6.61 Å². The van der Waals surface area contributed by atoms with Crippen molar-refractivity contribution in [2.45, 2.75) is 112 Å². The summed E-state index contributed by atoms with van der Waals surface area (Å²) >= 11 is 0. The predicted molar refractivity (Wildman–Crippen MR) is 158 cm³/mol. The van der Waals surface area contributed by atoms with E-state index in [2.05, 4.69) is 52.8 Å². The number of hydrogen-bond acceptors (Lipinski definition) is 7. The van der Waals surface area contributed by atoms with E-state index in [0.717, 1.165) is 50.5 Å². The Morgan fingerprint density at radius 3 is 2.36 bits per heavy atom. The minimum absolute atomic E-state index is 0.0113. The Morgan fingerprint density at radius 1 is 1.00 bits per heavy atom. The third-order valence-electron chi connectivity index (χ3n) is 13.9. The maximum atomic E-state index is 15.0. The molecule has 0 amide bonds. The Bertz CT molecular complexity index is 1480. The largest absolute Gasteiger partial charge is 0.396 e. The minimum Gasteiger partial charge on any atom is -0.396 e. The zero-order chi connectivity index (χ0) is 30.7. The monoisotopic (exact) mass is 573 g/mol. The summed E-state index contributed by atoms with van der Waals surface area (Å²) in [6.07, 6.45) is 10.5. The zero-order valence-electron chi connectivity index (χ0n) is 26.7. The third kappa shape index (κ3) is 3.36. The number of rotatable bonds is 3. The topological polar surface area (TPSA) is 117 Å². The summed E-state index contributed by atoms with van der Waals surface area (Å²) < 4.78 is 5.98. The van der Waals surface area contributed by atoms with Crippen LogP contribution in [-0.4, -0.2) is 33.4 Å². The number of aliphatic hydroxyl groups excluding tert-OH is 1. The van der Waals surface area contributed by atoms with Gasteiger partial charge in [0.25, 0.3) is 0 Å². The van der Waals surface area contributed by atoms with Crippen LogP contribution < -0.4 is 0 Å². The van der Waals surface area contributed by atoms with Crippen LogP contribution in [0.1, 0.15) is 112 Å². The molecule has 6 rings (SSSR count). The molecule has 1 aromatic heterocycles. The third-order valence-corrected chi connectivity index (χ3v) is 13.9. The number of nitrogens with zero attached hydrogens (tertiary/aromatic N) is 3. The maximum absolute atomic E-state index is 15.0. The van der Waals surface area contributed by atoms with Gasteiger partial charge >= 0.3 is 0 Å². The second kappa shape index (κ2) is 8.74. The SMILES string of the molecule is CC1(C)CC[C@]2(c3nc(CCO)no3)CC[C@@]3(C)[C@]4(C)CC[C@H]5C(C)(C)C(=O)C(C#N)=C[C@]5(C)C4=CC(=O)[C@]3(C)[C@@H]2C1. The van der Waals surface area contributed by atoms with Crippen molar-refractivity contribution in [2.24, 2.45) is 44.3 Å². The molecule has 0 aromatic carbocycles. The molecule has 1 N–H and O–H groups in total. The number of ketones is 2. The van der Waals surface area contributed by atoms with Gasteiger partial charge in [0.2, 0.25) is 5.89 Å². The molecular weight excluding hydrogens is 526 g/mol. The second-order valence-electron chi connectivity index (χ2n) is 16.4. The van der Waals surface area contributed by atoms with Gasteiger partial charge in [0.05, 0.1) is 17.6 Å². The second-order valence-corrected chi connectivity index (χ2v) is 16.4. The molecule has 0 aliphatic heterocycles. The molecule has 5 aliphatic carbocycles. The number of nitriles is 1.